The average Bonchev–Trinajstić information content (AvgIpc) is 3.16. The van der Waals surface area contributed by atoms with Crippen LogP contribution in [0.4, 0.5) is 0 Å². The predicted molar refractivity (Wildman–Crippen MR) is 135 cm³/mol. The fourth-order valence-electron chi connectivity index (χ4n) is 4.19. The zero-order chi connectivity index (χ0) is 24.3. The maximum atomic E-state index is 13.1. The van der Waals surface area contributed by atoms with Gasteiger partial charge in [0.1, 0.15) is 5.75 Å². The SMILES string of the molecule is C=CCn1c(=NC(=O)c2ccc(S(=O)(=O)N3CCCCC3C)cc2)sc2cc(OCC)ccc21. The number of fused-ring (bicyclic) bond motifs is 1. The largest absolute Gasteiger partial charge is 0.494 e. The van der Waals surface area contributed by atoms with Gasteiger partial charge in [0.05, 0.1) is 21.7 Å². The average molecular weight is 500 g/mol. The van der Waals surface area contributed by atoms with Crippen LogP contribution in [0.5, 0.6) is 5.75 Å². The highest BCUT2D eigenvalue weighted by molar-refractivity contribution is 7.89. The number of amides is 1. The third-order valence-electron chi connectivity index (χ3n) is 5.92. The third-order valence-corrected chi connectivity index (χ3v) is 8.99. The lowest BCUT2D eigenvalue weighted by molar-refractivity contribution is 0.0997. The lowest BCUT2D eigenvalue weighted by atomic mass is 10.1. The molecule has 34 heavy (non-hydrogen) atoms. The van der Waals surface area contributed by atoms with Crippen molar-refractivity contribution in [3.05, 3.63) is 65.5 Å². The van der Waals surface area contributed by atoms with Gasteiger partial charge < -0.3 is 9.30 Å². The predicted octanol–water partition coefficient (Wildman–Crippen LogP) is 4.59. The summed E-state index contributed by atoms with van der Waals surface area (Å²) in [5.74, 6) is 0.337. The molecule has 0 aliphatic carbocycles. The molecule has 1 aliphatic heterocycles. The van der Waals surface area contributed by atoms with Crippen LogP contribution in [0, 0.1) is 0 Å². The standard InChI is InChI=1S/C25H29N3O4S2/c1-4-15-27-22-14-11-20(32-5-2)17-23(22)33-25(27)26-24(29)19-9-12-21(13-10-19)34(30,31)28-16-7-6-8-18(28)3/h4,9-14,17-18H,1,5-8,15-16H2,2-3H3. The molecule has 2 aromatic carbocycles. The van der Waals surface area contributed by atoms with Crippen molar-refractivity contribution in [3.63, 3.8) is 0 Å². The molecular formula is C25H29N3O4S2. The summed E-state index contributed by atoms with van der Waals surface area (Å²) in [6.45, 7) is 9.29. The Hall–Kier alpha value is -2.75. The summed E-state index contributed by atoms with van der Waals surface area (Å²) >= 11 is 1.40. The van der Waals surface area contributed by atoms with Gasteiger partial charge in [0, 0.05) is 24.7 Å². The zero-order valence-corrected chi connectivity index (χ0v) is 21.1. The van der Waals surface area contributed by atoms with Gasteiger partial charge in [-0.05, 0) is 69.2 Å². The molecule has 1 unspecified atom stereocenters. The Kier molecular flexibility index (Phi) is 7.35. The van der Waals surface area contributed by atoms with Crippen molar-refractivity contribution in [1.82, 2.24) is 8.87 Å². The Morgan fingerprint density at radius 3 is 2.68 bits per heavy atom. The first-order chi connectivity index (χ1) is 16.3. The number of piperidine rings is 1. The Morgan fingerprint density at radius 2 is 2.00 bits per heavy atom. The molecule has 9 heteroatoms. The minimum Gasteiger partial charge on any atom is -0.494 e. The van der Waals surface area contributed by atoms with E-state index in [4.69, 9.17) is 4.74 Å². The number of thiazole rings is 1. The summed E-state index contributed by atoms with van der Waals surface area (Å²) in [6.07, 6.45) is 4.53. The van der Waals surface area contributed by atoms with Gasteiger partial charge in [-0.2, -0.15) is 9.30 Å². The fraction of sp³-hybridized carbons (Fsp3) is 0.360. The molecule has 1 aromatic heterocycles. The molecule has 0 N–H and O–H groups in total. The van der Waals surface area contributed by atoms with E-state index in [9.17, 15) is 13.2 Å². The Balaban J connectivity index is 1.65. The highest BCUT2D eigenvalue weighted by atomic mass is 32.2. The minimum atomic E-state index is -3.59. The topological polar surface area (TPSA) is 81.0 Å². The maximum absolute atomic E-state index is 13.1. The van der Waals surface area contributed by atoms with Crippen LogP contribution in [-0.4, -0.2) is 42.4 Å². The van der Waals surface area contributed by atoms with Crippen molar-refractivity contribution in [1.29, 1.82) is 0 Å². The lowest BCUT2D eigenvalue weighted by Gasteiger charge is -2.32. The van der Waals surface area contributed by atoms with Gasteiger partial charge in [-0.1, -0.05) is 23.8 Å². The smallest absolute Gasteiger partial charge is 0.279 e. The van der Waals surface area contributed by atoms with Crippen molar-refractivity contribution in [2.75, 3.05) is 13.2 Å². The van der Waals surface area contributed by atoms with E-state index in [2.05, 4.69) is 11.6 Å². The van der Waals surface area contributed by atoms with Crippen molar-refractivity contribution in [3.8, 4) is 5.75 Å². The van der Waals surface area contributed by atoms with E-state index in [-0.39, 0.29) is 10.9 Å². The second-order valence-corrected chi connectivity index (χ2v) is 11.1. The van der Waals surface area contributed by atoms with Gasteiger partial charge in [0.2, 0.25) is 10.0 Å². The lowest BCUT2D eigenvalue weighted by Crippen LogP contribution is -2.41. The van der Waals surface area contributed by atoms with E-state index in [1.165, 1.54) is 35.6 Å². The van der Waals surface area contributed by atoms with Gasteiger partial charge in [-0.15, -0.1) is 6.58 Å². The number of allylic oxidation sites excluding steroid dienone is 1. The van der Waals surface area contributed by atoms with Crippen LogP contribution in [0.1, 0.15) is 43.5 Å². The highest BCUT2D eigenvalue weighted by Gasteiger charge is 2.30. The van der Waals surface area contributed by atoms with Gasteiger partial charge >= 0.3 is 0 Å². The second-order valence-electron chi connectivity index (χ2n) is 8.25. The highest BCUT2D eigenvalue weighted by Crippen LogP contribution is 2.26. The molecule has 1 fully saturated rings. The first-order valence-corrected chi connectivity index (χ1v) is 13.7. The first kappa shape index (κ1) is 24.4. The number of hydrogen-bond acceptors (Lipinski definition) is 5. The van der Waals surface area contributed by atoms with Crippen molar-refractivity contribution in [2.45, 2.75) is 50.6 Å². The van der Waals surface area contributed by atoms with Crippen LogP contribution in [0.25, 0.3) is 10.2 Å². The van der Waals surface area contributed by atoms with Gasteiger partial charge in [-0.3, -0.25) is 4.79 Å². The van der Waals surface area contributed by atoms with Gasteiger partial charge in [0.25, 0.3) is 5.91 Å². The van der Waals surface area contributed by atoms with Crippen molar-refractivity contribution < 1.29 is 17.9 Å². The molecule has 0 spiro atoms. The summed E-state index contributed by atoms with van der Waals surface area (Å²) in [6, 6.07) is 11.8. The molecule has 1 aliphatic rings. The monoisotopic (exact) mass is 499 g/mol. The number of hydrogen-bond donors (Lipinski definition) is 0. The minimum absolute atomic E-state index is 0.0217. The molecule has 1 amide bonds. The van der Waals surface area contributed by atoms with E-state index in [1.807, 2.05) is 36.6 Å². The van der Waals surface area contributed by atoms with Crippen LogP contribution in [-0.2, 0) is 16.6 Å². The number of ether oxygens (including phenoxy) is 1. The Bertz CT molecular complexity index is 1370. The third kappa shape index (κ3) is 4.87. The molecule has 4 rings (SSSR count). The van der Waals surface area contributed by atoms with Crippen LogP contribution in [0.15, 0.2) is 65.0 Å². The summed E-state index contributed by atoms with van der Waals surface area (Å²) in [5, 5.41) is 0. The van der Waals surface area contributed by atoms with Gasteiger partial charge in [-0.25, -0.2) is 8.42 Å². The van der Waals surface area contributed by atoms with E-state index < -0.39 is 15.9 Å². The quantitative estimate of drug-likeness (QED) is 0.445. The summed E-state index contributed by atoms with van der Waals surface area (Å²) in [4.78, 5) is 18.0. The van der Waals surface area contributed by atoms with E-state index in [0.29, 0.717) is 30.1 Å². The molecule has 0 radical (unpaired) electrons. The molecule has 3 aromatic rings. The summed E-state index contributed by atoms with van der Waals surface area (Å²) in [7, 11) is -3.59. The zero-order valence-electron chi connectivity index (χ0n) is 19.4. The molecule has 180 valence electrons. The number of nitrogens with zero attached hydrogens (tertiary/aromatic N) is 3. The van der Waals surface area contributed by atoms with E-state index in [1.54, 1.807) is 10.4 Å². The first-order valence-electron chi connectivity index (χ1n) is 11.4. The number of sulfonamides is 1. The van der Waals surface area contributed by atoms with Crippen LogP contribution < -0.4 is 9.54 Å². The van der Waals surface area contributed by atoms with Crippen LogP contribution >= 0.6 is 11.3 Å². The van der Waals surface area contributed by atoms with Crippen molar-refractivity contribution in [2.24, 2.45) is 4.99 Å². The number of carbonyl (C=O) groups is 1. The number of carbonyl (C=O) groups excluding carboxylic acids is 1. The van der Waals surface area contributed by atoms with Gasteiger partial charge in [0.15, 0.2) is 4.80 Å². The van der Waals surface area contributed by atoms with Crippen molar-refractivity contribution >= 4 is 37.5 Å². The molecule has 1 saturated heterocycles. The number of aromatic nitrogens is 1. The maximum Gasteiger partial charge on any atom is 0.279 e. The summed E-state index contributed by atoms with van der Waals surface area (Å²) < 4.78 is 36.1. The summed E-state index contributed by atoms with van der Waals surface area (Å²) in [5.41, 5.74) is 1.28. The van der Waals surface area contributed by atoms with E-state index in [0.717, 1.165) is 35.2 Å². The molecule has 7 nitrogen and oxygen atoms in total. The molecule has 0 saturated carbocycles. The van der Waals surface area contributed by atoms with E-state index >= 15 is 0 Å². The molecule has 2 heterocycles. The Morgan fingerprint density at radius 1 is 1.24 bits per heavy atom. The van der Waals surface area contributed by atoms with Crippen LogP contribution in [0.3, 0.4) is 0 Å². The molecule has 0 bridgehead atoms. The number of rotatable bonds is 7. The normalized spacial score (nSPS) is 17.7. The fourth-order valence-corrected chi connectivity index (χ4v) is 6.95. The van der Waals surface area contributed by atoms with Crippen LogP contribution in [0.2, 0.25) is 0 Å². The Labute approximate surface area is 204 Å². The number of benzene rings is 2. The molecule has 1 atom stereocenters. The second kappa shape index (κ2) is 10.2. The molecular weight excluding hydrogens is 470 g/mol.